The van der Waals surface area contributed by atoms with Crippen molar-refractivity contribution >= 4 is 12.0 Å². The Balaban J connectivity index is 2.11. The van der Waals surface area contributed by atoms with Crippen LogP contribution in [0.25, 0.3) is 6.08 Å². The Morgan fingerprint density at radius 2 is 2.18 bits per heavy atom. The van der Waals surface area contributed by atoms with E-state index in [4.69, 9.17) is 4.74 Å². The summed E-state index contributed by atoms with van der Waals surface area (Å²) >= 11 is 0. The fraction of sp³-hybridized carbons (Fsp3) is 0.444. The van der Waals surface area contributed by atoms with Gasteiger partial charge in [0.05, 0.1) is 7.11 Å². The zero-order valence-electron chi connectivity index (χ0n) is 13.1. The van der Waals surface area contributed by atoms with Crippen molar-refractivity contribution in [3.63, 3.8) is 0 Å². The number of benzene rings is 1. The molecule has 1 N–H and O–H groups in total. The monoisotopic (exact) mass is 298 g/mol. The fourth-order valence-corrected chi connectivity index (χ4v) is 2.82. The van der Waals surface area contributed by atoms with Gasteiger partial charge in [0.2, 0.25) is 0 Å². The number of carbonyl (C=O) groups excluding carboxylic acids is 1. The maximum absolute atomic E-state index is 12.3. The number of nitrogens with zero attached hydrogens (tertiary/aromatic N) is 1. The zero-order valence-corrected chi connectivity index (χ0v) is 13.1. The first-order valence-corrected chi connectivity index (χ1v) is 7.70. The number of carbonyl (C=O) groups is 1. The Morgan fingerprint density at radius 3 is 2.86 bits per heavy atom. The van der Waals surface area contributed by atoms with Crippen LogP contribution in [0.2, 0.25) is 0 Å². The molecule has 0 unspecified atom stereocenters. The molecule has 0 radical (unpaired) electrons. The summed E-state index contributed by atoms with van der Waals surface area (Å²) in [5.74, 6) is 0.880. The van der Waals surface area contributed by atoms with Gasteiger partial charge in [0.1, 0.15) is 17.4 Å². The lowest BCUT2D eigenvalue weighted by molar-refractivity contribution is -0.118. The van der Waals surface area contributed by atoms with Gasteiger partial charge in [-0.25, -0.2) is 0 Å². The third-order valence-corrected chi connectivity index (χ3v) is 4.20. The molecule has 0 bridgehead atoms. The molecule has 116 valence electrons. The van der Waals surface area contributed by atoms with Crippen LogP contribution in [0.5, 0.6) is 5.75 Å². The second-order valence-electron chi connectivity index (χ2n) is 5.79. The first-order valence-electron chi connectivity index (χ1n) is 7.70. The summed E-state index contributed by atoms with van der Waals surface area (Å²) < 4.78 is 5.15. The Morgan fingerprint density at radius 1 is 1.41 bits per heavy atom. The number of nitrogens with one attached hydrogen (secondary N) is 1. The van der Waals surface area contributed by atoms with Crippen LogP contribution in [0, 0.1) is 17.2 Å². The number of hydrogen-bond acceptors (Lipinski definition) is 3. The van der Waals surface area contributed by atoms with E-state index in [0.29, 0.717) is 11.7 Å². The minimum Gasteiger partial charge on any atom is -0.497 e. The minimum absolute atomic E-state index is 0.131. The van der Waals surface area contributed by atoms with E-state index in [-0.39, 0.29) is 17.5 Å². The van der Waals surface area contributed by atoms with Gasteiger partial charge in [-0.3, -0.25) is 4.79 Å². The lowest BCUT2D eigenvalue weighted by Gasteiger charge is -2.29. The van der Waals surface area contributed by atoms with Gasteiger partial charge in [0.15, 0.2) is 0 Å². The summed E-state index contributed by atoms with van der Waals surface area (Å²) in [5.41, 5.74) is 0.911. The molecule has 22 heavy (non-hydrogen) atoms. The predicted octanol–water partition coefficient (Wildman–Crippen LogP) is 3.30. The van der Waals surface area contributed by atoms with Crippen LogP contribution < -0.4 is 10.1 Å². The lowest BCUT2D eigenvalue weighted by Crippen LogP contribution is -2.41. The molecule has 0 spiro atoms. The molecule has 1 amide bonds. The van der Waals surface area contributed by atoms with Crippen LogP contribution in [-0.2, 0) is 4.79 Å². The van der Waals surface area contributed by atoms with E-state index in [0.717, 1.165) is 24.8 Å². The van der Waals surface area contributed by atoms with Crippen LogP contribution in [0.4, 0.5) is 0 Å². The molecule has 1 aromatic rings. The molecule has 0 heterocycles. The van der Waals surface area contributed by atoms with E-state index in [1.54, 1.807) is 19.3 Å². The lowest BCUT2D eigenvalue weighted by atomic mass is 9.86. The van der Waals surface area contributed by atoms with Crippen LogP contribution in [0.3, 0.4) is 0 Å². The smallest absolute Gasteiger partial charge is 0.262 e. The summed E-state index contributed by atoms with van der Waals surface area (Å²) in [4.78, 5) is 12.3. The Labute approximate surface area is 131 Å². The molecule has 2 atom stereocenters. The van der Waals surface area contributed by atoms with Crippen LogP contribution in [-0.4, -0.2) is 19.1 Å². The van der Waals surface area contributed by atoms with Crippen LogP contribution in [0.15, 0.2) is 29.8 Å². The predicted molar refractivity (Wildman–Crippen MR) is 86.1 cm³/mol. The number of amides is 1. The summed E-state index contributed by atoms with van der Waals surface area (Å²) in [6.45, 7) is 2.15. The Hall–Kier alpha value is -2.28. The molecule has 1 saturated carbocycles. The van der Waals surface area contributed by atoms with Gasteiger partial charge in [-0.15, -0.1) is 0 Å². The fourth-order valence-electron chi connectivity index (χ4n) is 2.82. The van der Waals surface area contributed by atoms with Crippen molar-refractivity contribution in [1.82, 2.24) is 5.32 Å². The van der Waals surface area contributed by atoms with Gasteiger partial charge < -0.3 is 10.1 Å². The summed E-state index contributed by atoms with van der Waals surface area (Å²) in [5, 5.41) is 12.3. The maximum atomic E-state index is 12.3. The van der Waals surface area contributed by atoms with Crippen LogP contribution in [0.1, 0.15) is 38.2 Å². The highest BCUT2D eigenvalue weighted by Gasteiger charge is 2.23. The summed E-state index contributed by atoms with van der Waals surface area (Å²) in [7, 11) is 1.59. The molecule has 2 rings (SSSR count). The van der Waals surface area contributed by atoms with Gasteiger partial charge in [0.25, 0.3) is 5.91 Å². The van der Waals surface area contributed by atoms with E-state index in [2.05, 4.69) is 12.2 Å². The second-order valence-corrected chi connectivity index (χ2v) is 5.79. The first-order chi connectivity index (χ1) is 10.6. The topological polar surface area (TPSA) is 62.1 Å². The second kappa shape index (κ2) is 7.65. The highest BCUT2D eigenvalue weighted by Crippen LogP contribution is 2.24. The van der Waals surface area contributed by atoms with Gasteiger partial charge >= 0.3 is 0 Å². The highest BCUT2D eigenvalue weighted by molar-refractivity contribution is 6.01. The molecule has 4 nitrogen and oxygen atoms in total. The van der Waals surface area contributed by atoms with Crippen molar-refractivity contribution in [2.45, 2.75) is 38.6 Å². The Kier molecular flexibility index (Phi) is 5.60. The third-order valence-electron chi connectivity index (χ3n) is 4.20. The average Bonchev–Trinajstić information content (AvgIpc) is 2.54. The van der Waals surface area contributed by atoms with E-state index < -0.39 is 0 Å². The molecular weight excluding hydrogens is 276 g/mol. The van der Waals surface area contributed by atoms with Crippen molar-refractivity contribution in [2.24, 2.45) is 5.92 Å². The summed E-state index contributed by atoms with van der Waals surface area (Å²) in [6, 6.07) is 9.47. The SMILES string of the molecule is COc1cccc(/C=C(/C#N)C(=O)N[C@H]2CCCC[C@H]2C)c1. The minimum atomic E-state index is -0.288. The van der Waals surface area contributed by atoms with Gasteiger partial charge in [0, 0.05) is 6.04 Å². The molecule has 1 fully saturated rings. The standard InChI is InChI=1S/C18H22N2O2/c1-13-6-3-4-9-17(13)20-18(21)15(12-19)10-14-7-5-8-16(11-14)22-2/h5,7-8,10-11,13,17H,3-4,6,9H2,1-2H3,(H,20,21)/b15-10-/t13-,17+/m1/s1. The average molecular weight is 298 g/mol. The molecule has 4 heteroatoms. The van der Waals surface area contributed by atoms with Gasteiger partial charge in [-0.1, -0.05) is 31.9 Å². The maximum Gasteiger partial charge on any atom is 0.262 e. The third kappa shape index (κ3) is 4.11. The van der Waals surface area contributed by atoms with E-state index in [1.807, 2.05) is 24.3 Å². The number of nitriles is 1. The number of rotatable bonds is 4. The first kappa shape index (κ1) is 16.1. The largest absolute Gasteiger partial charge is 0.497 e. The molecule has 1 aromatic carbocycles. The molecule has 0 aliphatic heterocycles. The highest BCUT2D eigenvalue weighted by atomic mass is 16.5. The normalized spacial score (nSPS) is 21.8. The van der Waals surface area contributed by atoms with Crippen molar-refractivity contribution in [3.8, 4) is 11.8 Å². The van der Waals surface area contributed by atoms with Crippen molar-refractivity contribution in [3.05, 3.63) is 35.4 Å². The number of methoxy groups -OCH3 is 1. The molecular formula is C18H22N2O2. The van der Waals surface area contributed by atoms with E-state index >= 15 is 0 Å². The molecule has 0 saturated heterocycles. The van der Waals surface area contributed by atoms with Gasteiger partial charge in [-0.2, -0.15) is 5.26 Å². The molecule has 0 aromatic heterocycles. The number of hydrogen-bond donors (Lipinski definition) is 1. The molecule has 1 aliphatic carbocycles. The van der Waals surface area contributed by atoms with Gasteiger partial charge in [-0.05, 0) is 42.5 Å². The molecule has 1 aliphatic rings. The Bertz CT molecular complexity index is 601. The van der Waals surface area contributed by atoms with E-state index in [1.165, 1.54) is 6.42 Å². The quantitative estimate of drug-likeness (QED) is 0.685. The zero-order chi connectivity index (χ0) is 15.9. The van der Waals surface area contributed by atoms with Crippen LogP contribution >= 0.6 is 0 Å². The van der Waals surface area contributed by atoms with Crippen molar-refractivity contribution < 1.29 is 9.53 Å². The van der Waals surface area contributed by atoms with E-state index in [9.17, 15) is 10.1 Å². The van der Waals surface area contributed by atoms with Crippen molar-refractivity contribution in [2.75, 3.05) is 7.11 Å². The summed E-state index contributed by atoms with van der Waals surface area (Å²) in [6.07, 6.45) is 6.08. The van der Waals surface area contributed by atoms with Crippen molar-refractivity contribution in [1.29, 1.82) is 5.26 Å². The number of ether oxygens (including phenoxy) is 1.